The Hall–Kier alpha value is -1.26. The van der Waals surface area contributed by atoms with Gasteiger partial charge in [0, 0.05) is 29.7 Å². The summed E-state index contributed by atoms with van der Waals surface area (Å²) in [5.74, 6) is -0.392. The molecule has 21 heavy (non-hydrogen) atoms. The largest absolute Gasteiger partial charge is 0.368 e. The quantitative estimate of drug-likeness (QED) is 0.899. The van der Waals surface area contributed by atoms with E-state index < -0.39 is 5.91 Å². The summed E-state index contributed by atoms with van der Waals surface area (Å²) in [5.41, 5.74) is 6.97. The molecule has 3 N–H and O–H groups in total. The maximum absolute atomic E-state index is 11.7. The highest BCUT2D eigenvalue weighted by molar-refractivity contribution is 6.31. The van der Waals surface area contributed by atoms with E-state index in [1.54, 1.807) is 12.1 Å². The molecule has 2 unspecified atom stereocenters. The van der Waals surface area contributed by atoms with Crippen molar-refractivity contribution in [1.82, 2.24) is 5.32 Å². The zero-order chi connectivity index (χ0) is 15.0. The molecule has 3 rings (SSSR count). The fraction of sp³-hybridized carbons (Fsp3) is 0.562. The zero-order valence-corrected chi connectivity index (χ0v) is 13.1. The molecule has 2 fully saturated rings. The van der Waals surface area contributed by atoms with Crippen LogP contribution in [0.3, 0.4) is 0 Å². The van der Waals surface area contributed by atoms with Crippen molar-refractivity contribution in [3.05, 3.63) is 28.8 Å². The van der Waals surface area contributed by atoms with Gasteiger partial charge in [0.25, 0.3) is 5.91 Å². The van der Waals surface area contributed by atoms with Crippen LogP contribution in [0.2, 0.25) is 5.02 Å². The molecule has 1 aromatic carbocycles. The highest BCUT2D eigenvalue weighted by Crippen LogP contribution is 2.34. The average molecular weight is 308 g/mol. The van der Waals surface area contributed by atoms with E-state index in [1.807, 2.05) is 6.07 Å². The molecule has 2 bridgehead atoms. The third-order valence-corrected chi connectivity index (χ3v) is 5.00. The number of carbonyl (C=O) groups excluding carboxylic acids is 1. The topological polar surface area (TPSA) is 58.4 Å². The maximum atomic E-state index is 11.7. The minimum atomic E-state index is -0.392. The predicted octanol–water partition coefficient (Wildman–Crippen LogP) is 2.55. The Morgan fingerprint density at radius 2 is 2.05 bits per heavy atom. The van der Waals surface area contributed by atoms with Crippen LogP contribution in [0.5, 0.6) is 0 Å². The van der Waals surface area contributed by atoms with Gasteiger partial charge in [-0.2, -0.15) is 0 Å². The first-order valence-corrected chi connectivity index (χ1v) is 8.08. The number of nitrogens with two attached hydrogens (primary N) is 1. The molecular weight excluding hydrogens is 286 g/mol. The van der Waals surface area contributed by atoms with Gasteiger partial charge < -0.3 is 16.0 Å². The van der Waals surface area contributed by atoms with E-state index in [9.17, 15) is 4.79 Å². The lowest BCUT2D eigenvalue weighted by molar-refractivity contribution is 0.100. The van der Waals surface area contributed by atoms with E-state index in [4.69, 9.17) is 17.3 Å². The molecular formula is C16H22ClN3O. The van der Waals surface area contributed by atoms with Crippen LogP contribution in [0.4, 0.5) is 5.69 Å². The molecule has 0 aliphatic carbocycles. The smallest absolute Gasteiger partial charge is 0.250 e. The number of fused-ring (bicyclic) bond motifs is 2. The Labute approximate surface area is 130 Å². The fourth-order valence-electron chi connectivity index (χ4n) is 3.86. The Kier molecular flexibility index (Phi) is 4.09. The van der Waals surface area contributed by atoms with Crippen LogP contribution < -0.4 is 16.0 Å². The highest BCUT2D eigenvalue weighted by atomic mass is 35.5. The second kappa shape index (κ2) is 5.85. The highest BCUT2D eigenvalue weighted by Gasteiger charge is 2.36. The molecule has 2 saturated heterocycles. The number of rotatable bonds is 4. The van der Waals surface area contributed by atoms with Gasteiger partial charge >= 0.3 is 0 Å². The fourth-order valence-corrected chi connectivity index (χ4v) is 4.02. The van der Waals surface area contributed by atoms with Crippen molar-refractivity contribution in [2.75, 3.05) is 11.4 Å². The van der Waals surface area contributed by atoms with Gasteiger partial charge in [-0.15, -0.1) is 0 Å². The number of benzene rings is 1. The lowest BCUT2D eigenvalue weighted by Crippen LogP contribution is -2.48. The summed E-state index contributed by atoms with van der Waals surface area (Å²) >= 11 is 6.14. The first-order chi connectivity index (χ1) is 10.1. The molecule has 2 atom stereocenters. The molecule has 2 aliphatic heterocycles. The average Bonchev–Trinajstić information content (AvgIpc) is 2.78. The van der Waals surface area contributed by atoms with Gasteiger partial charge in [0.1, 0.15) is 0 Å². The van der Waals surface area contributed by atoms with Gasteiger partial charge in [0.05, 0.1) is 11.3 Å². The summed E-state index contributed by atoms with van der Waals surface area (Å²) in [6, 6.07) is 7.00. The number of nitrogens with one attached hydrogen (secondary N) is 1. The number of halogens is 1. The summed E-state index contributed by atoms with van der Waals surface area (Å²) in [6.45, 7) is 2.97. The second-order valence-electron chi connectivity index (χ2n) is 6.07. The minimum Gasteiger partial charge on any atom is -0.368 e. The second-order valence-corrected chi connectivity index (χ2v) is 6.51. The predicted molar refractivity (Wildman–Crippen MR) is 86.0 cm³/mol. The molecule has 5 heteroatoms. The van der Waals surface area contributed by atoms with Crippen LogP contribution in [0.25, 0.3) is 0 Å². The number of carbonyl (C=O) groups is 1. The van der Waals surface area contributed by atoms with Crippen molar-refractivity contribution in [1.29, 1.82) is 0 Å². The molecule has 1 aromatic rings. The maximum Gasteiger partial charge on any atom is 0.250 e. The number of nitrogens with zero attached hydrogens (tertiary/aromatic N) is 1. The van der Waals surface area contributed by atoms with Gasteiger partial charge in [-0.05, 0) is 50.8 Å². The summed E-state index contributed by atoms with van der Waals surface area (Å²) in [7, 11) is 0. The standard InChI is InChI=1S/C16H22ClN3O/c1-2-20(13-8-11-4-5-12(9-13)19-11)15-7-10(17)3-6-14(15)16(18)21/h3,6-7,11-13,19H,2,4-5,8-9H2,1H3,(H2,18,21). The van der Waals surface area contributed by atoms with E-state index in [-0.39, 0.29) is 0 Å². The summed E-state index contributed by atoms with van der Waals surface area (Å²) in [5, 5.41) is 4.30. The monoisotopic (exact) mass is 307 g/mol. The first kappa shape index (κ1) is 14.7. The number of hydrogen-bond acceptors (Lipinski definition) is 3. The van der Waals surface area contributed by atoms with Gasteiger partial charge in [-0.3, -0.25) is 4.79 Å². The Morgan fingerprint density at radius 3 is 2.62 bits per heavy atom. The lowest BCUT2D eigenvalue weighted by atomic mass is 9.96. The van der Waals surface area contributed by atoms with Crippen LogP contribution in [-0.4, -0.2) is 30.6 Å². The van der Waals surface area contributed by atoms with Gasteiger partial charge in [0.2, 0.25) is 0 Å². The SMILES string of the molecule is CCN(c1cc(Cl)ccc1C(N)=O)C1CC2CCC(C1)N2. The molecule has 0 spiro atoms. The van der Waals surface area contributed by atoms with Crippen LogP contribution >= 0.6 is 11.6 Å². The number of primary amides is 1. The van der Waals surface area contributed by atoms with E-state index in [2.05, 4.69) is 17.1 Å². The van der Waals surface area contributed by atoms with Crippen LogP contribution in [0.15, 0.2) is 18.2 Å². The van der Waals surface area contributed by atoms with Crippen molar-refractivity contribution in [3.63, 3.8) is 0 Å². The van der Waals surface area contributed by atoms with E-state index in [1.165, 1.54) is 12.8 Å². The summed E-state index contributed by atoms with van der Waals surface area (Å²) in [4.78, 5) is 14.0. The molecule has 2 heterocycles. The van der Waals surface area contributed by atoms with Gasteiger partial charge in [-0.1, -0.05) is 11.6 Å². The van der Waals surface area contributed by atoms with Gasteiger partial charge in [0.15, 0.2) is 0 Å². The number of amides is 1. The van der Waals surface area contributed by atoms with Crippen molar-refractivity contribution >= 4 is 23.2 Å². The van der Waals surface area contributed by atoms with Crippen molar-refractivity contribution in [3.8, 4) is 0 Å². The number of piperidine rings is 1. The zero-order valence-electron chi connectivity index (χ0n) is 12.3. The van der Waals surface area contributed by atoms with Crippen molar-refractivity contribution in [2.45, 2.75) is 50.7 Å². The van der Waals surface area contributed by atoms with Crippen molar-refractivity contribution < 1.29 is 4.79 Å². The lowest BCUT2D eigenvalue weighted by Gasteiger charge is -2.39. The molecule has 0 radical (unpaired) electrons. The first-order valence-electron chi connectivity index (χ1n) is 7.70. The normalized spacial score (nSPS) is 27.6. The van der Waals surface area contributed by atoms with Crippen LogP contribution in [-0.2, 0) is 0 Å². The molecule has 114 valence electrons. The van der Waals surface area contributed by atoms with Crippen molar-refractivity contribution in [2.24, 2.45) is 5.73 Å². The van der Waals surface area contributed by atoms with E-state index >= 15 is 0 Å². The third kappa shape index (κ3) is 2.87. The molecule has 2 aliphatic rings. The summed E-state index contributed by atoms with van der Waals surface area (Å²) in [6.07, 6.45) is 4.76. The third-order valence-electron chi connectivity index (χ3n) is 4.76. The molecule has 4 nitrogen and oxygen atoms in total. The Balaban J connectivity index is 1.92. The molecule has 0 saturated carbocycles. The number of hydrogen-bond donors (Lipinski definition) is 2. The Bertz CT molecular complexity index is 536. The molecule has 1 amide bonds. The van der Waals surface area contributed by atoms with Gasteiger partial charge in [-0.25, -0.2) is 0 Å². The van der Waals surface area contributed by atoms with Crippen LogP contribution in [0, 0.1) is 0 Å². The summed E-state index contributed by atoms with van der Waals surface area (Å²) < 4.78 is 0. The van der Waals surface area contributed by atoms with E-state index in [0.29, 0.717) is 28.7 Å². The number of anilines is 1. The van der Waals surface area contributed by atoms with Crippen LogP contribution in [0.1, 0.15) is 43.0 Å². The van der Waals surface area contributed by atoms with E-state index in [0.717, 1.165) is 25.1 Å². The minimum absolute atomic E-state index is 0.392. The Morgan fingerprint density at radius 1 is 1.38 bits per heavy atom. The molecule has 0 aromatic heterocycles.